The molecule has 1 aliphatic rings. The molecule has 40 heavy (non-hydrogen) atoms. The van der Waals surface area contributed by atoms with Crippen LogP contribution in [0, 0.1) is 0 Å². The molecule has 0 bridgehead atoms. The molecule has 0 N–H and O–H groups in total. The second-order valence-corrected chi connectivity index (χ2v) is 9.02. The number of esters is 1. The summed E-state index contributed by atoms with van der Waals surface area (Å²) in [7, 11) is 1.59. The van der Waals surface area contributed by atoms with Gasteiger partial charge >= 0.3 is 5.97 Å². The lowest BCUT2D eigenvalue weighted by Crippen LogP contribution is -2.09. The molecule has 2 heterocycles. The molecule has 1 aromatic heterocycles. The molecule has 7 heteroatoms. The van der Waals surface area contributed by atoms with E-state index in [1.165, 1.54) is 6.07 Å². The molecule has 0 saturated carbocycles. The molecule has 1 aliphatic heterocycles. The molecule has 198 valence electrons. The Balaban J connectivity index is 1.31. The first-order valence-corrected chi connectivity index (χ1v) is 12.7. The van der Waals surface area contributed by atoms with E-state index >= 15 is 0 Å². The molecule has 0 amide bonds. The van der Waals surface area contributed by atoms with Crippen LogP contribution in [0.3, 0.4) is 0 Å². The molecular formula is C33H24O7. The van der Waals surface area contributed by atoms with Gasteiger partial charge in [0.25, 0.3) is 0 Å². The summed E-state index contributed by atoms with van der Waals surface area (Å²) in [5, 5.41) is 0.576. The fourth-order valence-corrected chi connectivity index (χ4v) is 4.57. The highest BCUT2D eigenvalue weighted by atomic mass is 16.5. The highest BCUT2D eigenvalue weighted by molar-refractivity contribution is 6.15. The van der Waals surface area contributed by atoms with Crippen LogP contribution < -0.4 is 18.9 Å². The zero-order valence-electron chi connectivity index (χ0n) is 21.8. The van der Waals surface area contributed by atoms with Crippen LogP contribution in [0.2, 0.25) is 0 Å². The molecular weight excluding hydrogens is 508 g/mol. The van der Waals surface area contributed by atoms with Crippen molar-refractivity contribution < 1.29 is 33.0 Å². The predicted octanol–water partition coefficient (Wildman–Crippen LogP) is 7.34. The zero-order valence-corrected chi connectivity index (χ0v) is 21.8. The van der Waals surface area contributed by atoms with Gasteiger partial charge in [-0.15, -0.1) is 0 Å². The lowest BCUT2D eigenvalue weighted by molar-refractivity contribution is 0.0736. The van der Waals surface area contributed by atoms with Gasteiger partial charge in [-0.3, -0.25) is 4.79 Å². The monoisotopic (exact) mass is 532 g/mol. The SMILES string of the molecule is CCOc1ccc2oc(-c3ccccc3)c(C(=O)Oc3ccc4c(c3)O/C(=C\c3ccc(OC)cc3)C4=O)c2c1. The van der Waals surface area contributed by atoms with Gasteiger partial charge < -0.3 is 23.4 Å². The third kappa shape index (κ3) is 4.69. The summed E-state index contributed by atoms with van der Waals surface area (Å²) in [5.41, 5.74) is 2.72. The van der Waals surface area contributed by atoms with Crippen LogP contribution in [0.5, 0.6) is 23.0 Å². The van der Waals surface area contributed by atoms with Crippen molar-refractivity contribution in [1.29, 1.82) is 0 Å². The molecule has 6 rings (SSSR count). The van der Waals surface area contributed by atoms with Crippen molar-refractivity contribution in [2.24, 2.45) is 0 Å². The maximum atomic E-state index is 13.6. The van der Waals surface area contributed by atoms with E-state index in [0.29, 0.717) is 46.1 Å². The number of hydrogen-bond acceptors (Lipinski definition) is 7. The van der Waals surface area contributed by atoms with Crippen LogP contribution in [0.15, 0.2) is 101 Å². The molecule has 0 atom stereocenters. The molecule has 0 fully saturated rings. The fourth-order valence-electron chi connectivity index (χ4n) is 4.57. The van der Waals surface area contributed by atoms with E-state index in [0.717, 1.165) is 11.1 Å². The maximum absolute atomic E-state index is 13.6. The number of benzene rings is 4. The summed E-state index contributed by atoms with van der Waals surface area (Å²) in [6.07, 6.45) is 1.66. The Labute approximate surface area is 230 Å². The van der Waals surface area contributed by atoms with Gasteiger partial charge in [0, 0.05) is 17.0 Å². The Bertz CT molecular complexity index is 1760. The van der Waals surface area contributed by atoms with Crippen molar-refractivity contribution in [1.82, 2.24) is 0 Å². The Morgan fingerprint density at radius 2 is 1.62 bits per heavy atom. The minimum atomic E-state index is -0.607. The van der Waals surface area contributed by atoms with Gasteiger partial charge in [-0.05, 0) is 61.0 Å². The lowest BCUT2D eigenvalue weighted by Gasteiger charge is -2.07. The topological polar surface area (TPSA) is 84.2 Å². The Morgan fingerprint density at radius 3 is 2.38 bits per heavy atom. The number of fused-ring (bicyclic) bond motifs is 2. The molecule has 5 aromatic rings. The van der Waals surface area contributed by atoms with Crippen molar-refractivity contribution >= 4 is 28.8 Å². The maximum Gasteiger partial charge on any atom is 0.348 e. The molecule has 4 aromatic carbocycles. The summed E-state index contributed by atoms with van der Waals surface area (Å²) >= 11 is 0. The average molecular weight is 533 g/mol. The van der Waals surface area contributed by atoms with E-state index in [2.05, 4.69) is 0 Å². The largest absolute Gasteiger partial charge is 0.497 e. The minimum Gasteiger partial charge on any atom is -0.497 e. The molecule has 0 unspecified atom stereocenters. The van der Waals surface area contributed by atoms with Crippen molar-refractivity contribution in [2.75, 3.05) is 13.7 Å². The van der Waals surface area contributed by atoms with Crippen molar-refractivity contribution in [3.63, 3.8) is 0 Å². The quantitative estimate of drug-likeness (QED) is 0.123. The van der Waals surface area contributed by atoms with Gasteiger partial charge in [0.15, 0.2) is 5.76 Å². The summed E-state index contributed by atoms with van der Waals surface area (Å²) in [6.45, 7) is 2.37. The number of allylic oxidation sites excluding steroid dienone is 1. The highest BCUT2D eigenvalue weighted by Gasteiger charge is 2.29. The van der Waals surface area contributed by atoms with Crippen LogP contribution in [0.25, 0.3) is 28.4 Å². The van der Waals surface area contributed by atoms with Gasteiger partial charge in [-0.25, -0.2) is 4.79 Å². The van der Waals surface area contributed by atoms with Crippen LogP contribution in [-0.4, -0.2) is 25.5 Å². The number of ketones is 1. The molecule has 0 saturated heterocycles. The number of ether oxygens (including phenoxy) is 4. The first-order valence-electron chi connectivity index (χ1n) is 12.7. The Hall–Kier alpha value is -5.30. The zero-order chi connectivity index (χ0) is 27.6. The van der Waals surface area contributed by atoms with Crippen LogP contribution >= 0.6 is 0 Å². The van der Waals surface area contributed by atoms with Crippen molar-refractivity contribution in [2.45, 2.75) is 6.92 Å². The molecule has 0 aliphatic carbocycles. The number of carbonyl (C=O) groups is 2. The first-order chi connectivity index (χ1) is 19.5. The standard InChI is InChI=1S/C33H24O7/c1-3-37-23-14-16-27-26(18-23)30(32(40-27)21-7-5-4-6-8-21)33(35)38-24-13-15-25-28(19-24)39-29(31(25)34)17-20-9-11-22(36-2)12-10-20/h4-19H,3H2,1-2H3/b29-17-. The molecule has 0 spiro atoms. The van der Waals surface area contributed by atoms with Crippen LogP contribution in [0.4, 0.5) is 0 Å². The smallest absolute Gasteiger partial charge is 0.348 e. The third-order valence-electron chi connectivity index (χ3n) is 6.48. The minimum absolute atomic E-state index is 0.180. The third-order valence-corrected chi connectivity index (χ3v) is 6.48. The number of methoxy groups -OCH3 is 1. The van der Waals surface area contributed by atoms with Crippen molar-refractivity contribution in [3.8, 4) is 34.3 Å². The van der Waals surface area contributed by atoms with Crippen molar-refractivity contribution in [3.05, 3.63) is 113 Å². The van der Waals surface area contributed by atoms with E-state index < -0.39 is 5.97 Å². The predicted molar refractivity (Wildman–Crippen MR) is 150 cm³/mol. The van der Waals surface area contributed by atoms with Gasteiger partial charge in [0.2, 0.25) is 5.78 Å². The van der Waals surface area contributed by atoms with E-state index in [1.54, 1.807) is 55.7 Å². The van der Waals surface area contributed by atoms with Gasteiger partial charge in [-0.2, -0.15) is 0 Å². The summed E-state index contributed by atoms with van der Waals surface area (Å²) in [6, 6.07) is 26.7. The second-order valence-electron chi connectivity index (χ2n) is 9.02. The fraction of sp³-hybridized carbons (Fsp3) is 0.0909. The normalized spacial score (nSPS) is 13.2. The van der Waals surface area contributed by atoms with Crippen LogP contribution in [-0.2, 0) is 0 Å². The van der Waals surface area contributed by atoms with Crippen LogP contribution in [0.1, 0.15) is 33.2 Å². The molecule has 7 nitrogen and oxygen atoms in total. The van der Waals surface area contributed by atoms with E-state index in [1.807, 2.05) is 49.4 Å². The second kappa shape index (κ2) is 10.5. The van der Waals surface area contributed by atoms with Gasteiger partial charge in [-0.1, -0.05) is 42.5 Å². The summed E-state index contributed by atoms with van der Waals surface area (Å²) < 4.78 is 28.6. The van der Waals surface area contributed by atoms with E-state index in [9.17, 15) is 9.59 Å². The number of furan rings is 1. The lowest BCUT2D eigenvalue weighted by atomic mass is 10.1. The Morgan fingerprint density at radius 1 is 0.875 bits per heavy atom. The van der Waals surface area contributed by atoms with E-state index in [-0.39, 0.29) is 22.9 Å². The number of carbonyl (C=O) groups excluding carboxylic acids is 2. The highest BCUT2D eigenvalue weighted by Crippen LogP contribution is 2.38. The first kappa shape index (κ1) is 25.0. The number of hydrogen-bond donors (Lipinski definition) is 0. The summed E-state index contributed by atoms with van der Waals surface area (Å²) in [4.78, 5) is 26.6. The molecule has 0 radical (unpaired) electrons. The number of rotatable bonds is 7. The Kier molecular flexibility index (Phi) is 6.54. The summed E-state index contributed by atoms with van der Waals surface area (Å²) in [5.74, 6) is 1.59. The average Bonchev–Trinajstić information content (AvgIpc) is 3.51. The van der Waals surface area contributed by atoms with E-state index in [4.69, 9.17) is 23.4 Å². The van der Waals surface area contributed by atoms with Gasteiger partial charge in [0.05, 0.1) is 19.3 Å². The van der Waals surface area contributed by atoms with Gasteiger partial charge in [0.1, 0.15) is 39.9 Å². The number of Topliss-reactive ketones (excluding diaryl/α,β-unsaturated/α-hetero) is 1.